The molecule has 0 bridgehead atoms. The Morgan fingerprint density at radius 2 is 1.21 bits per heavy atom. The number of carbonyl (C=O) groups is 6. The summed E-state index contributed by atoms with van der Waals surface area (Å²) in [5.74, 6) is -6.59. The molecule has 0 aromatic rings. The van der Waals surface area contributed by atoms with Gasteiger partial charge in [0, 0.05) is 39.6 Å². The minimum Gasteiger partial charge on any atom is -0.378 e. The van der Waals surface area contributed by atoms with Crippen molar-refractivity contribution in [3.63, 3.8) is 0 Å². The number of Topliss-reactive ketones (excluding diaryl/α,β-unsaturated/α-hetero) is 2. The third kappa shape index (κ3) is 5.35. The van der Waals surface area contributed by atoms with Gasteiger partial charge < -0.3 is 25.2 Å². The molecule has 0 aliphatic carbocycles. The SMILES string of the molecule is CN1C=CC(C(=O)NCCOCCNC(=O)C2C=CN(C)C(=O)C2=O)C(=O)C1=O. The van der Waals surface area contributed by atoms with Crippen molar-refractivity contribution in [3.05, 3.63) is 24.6 Å². The fourth-order valence-electron chi connectivity index (χ4n) is 2.58. The maximum atomic E-state index is 12.0. The van der Waals surface area contributed by atoms with E-state index >= 15 is 0 Å². The highest BCUT2D eigenvalue weighted by Crippen LogP contribution is 2.11. The summed E-state index contributed by atoms with van der Waals surface area (Å²) in [5.41, 5.74) is 0. The van der Waals surface area contributed by atoms with E-state index < -0.39 is 47.0 Å². The zero-order valence-electron chi connectivity index (χ0n) is 16.0. The summed E-state index contributed by atoms with van der Waals surface area (Å²) in [7, 11) is 2.85. The van der Waals surface area contributed by atoms with Gasteiger partial charge in [0.2, 0.25) is 23.4 Å². The summed E-state index contributed by atoms with van der Waals surface area (Å²) in [6.07, 6.45) is 5.42. The summed E-state index contributed by atoms with van der Waals surface area (Å²) in [6.45, 7) is 0.454. The molecule has 0 fully saturated rings. The molecule has 0 saturated carbocycles. The topological polar surface area (TPSA) is 142 Å². The zero-order chi connectivity index (χ0) is 21.6. The summed E-state index contributed by atoms with van der Waals surface area (Å²) in [5, 5.41) is 4.99. The normalized spacial score (nSPS) is 21.6. The van der Waals surface area contributed by atoms with E-state index in [0.717, 1.165) is 9.80 Å². The molecule has 2 N–H and O–H groups in total. The van der Waals surface area contributed by atoms with E-state index in [9.17, 15) is 28.8 Å². The smallest absolute Gasteiger partial charge is 0.294 e. The maximum absolute atomic E-state index is 12.0. The van der Waals surface area contributed by atoms with E-state index in [2.05, 4.69) is 10.6 Å². The Morgan fingerprint density at radius 3 is 1.59 bits per heavy atom. The van der Waals surface area contributed by atoms with Gasteiger partial charge in [-0.3, -0.25) is 28.8 Å². The van der Waals surface area contributed by atoms with Gasteiger partial charge in [0.1, 0.15) is 11.8 Å². The number of amides is 4. The largest absolute Gasteiger partial charge is 0.378 e. The van der Waals surface area contributed by atoms with E-state index in [-0.39, 0.29) is 26.3 Å². The Labute approximate surface area is 166 Å². The van der Waals surface area contributed by atoms with Gasteiger partial charge in [0.25, 0.3) is 11.8 Å². The van der Waals surface area contributed by atoms with Crippen LogP contribution in [0.4, 0.5) is 0 Å². The lowest BCUT2D eigenvalue weighted by Crippen LogP contribution is -2.45. The van der Waals surface area contributed by atoms with Crippen LogP contribution in [-0.2, 0) is 33.5 Å². The first-order chi connectivity index (χ1) is 13.7. The van der Waals surface area contributed by atoms with Crippen molar-refractivity contribution in [2.24, 2.45) is 11.8 Å². The highest BCUT2D eigenvalue weighted by Gasteiger charge is 2.35. The minimum absolute atomic E-state index is 0.110. The molecule has 2 aliphatic heterocycles. The van der Waals surface area contributed by atoms with Crippen LogP contribution in [0.3, 0.4) is 0 Å². The number of nitrogens with zero attached hydrogens (tertiary/aromatic N) is 2. The molecule has 4 amide bonds. The molecule has 0 radical (unpaired) electrons. The lowest BCUT2D eigenvalue weighted by atomic mass is 9.99. The van der Waals surface area contributed by atoms with Crippen LogP contribution in [0, 0.1) is 11.8 Å². The second kappa shape index (κ2) is 9.73. The summed E-state index contributed by atoms with van der Waals surface area (Å²) in [4.78, 5) is 72.8. The molecule has 11 nitrogen and oxygen atoms in total. The van der Waals surface area contributed by atoms with Crippen molar-refractivity contribution in [2.45, 2.75) is 0 Å². The molecule has 2 rings (SSSR count). The van der Waals surface area contributed by atoms with Crippen LogP contribution in [0.15, 0.2) is 24.6 Å². The Balaban J connectivity index is 1.62. The molecule has 0 spiro atoms. The number of nitrogens with one attached hydrogen (secondary N) is 2. The Hall–Kier alpha value is -3.34. The number of likely N-dealkylation sites (N-methyl/N-ethyl adjacent to an activating group) is 2. The van der Waals surface area contributed by atoms with Crippen molar-refractivity contribution >= 4 is 35.2 Å². The number of ether oxygens (including phenoxy) is 1. The van der Waals surface area contributed by atoms with Gasteiger partial charge in [-0.05, 0) is 12.2 Å². The molecular formula is C18H22N4O7. The summed E-state index contributed by atoms with van der Waals surface area (Å²) >= 11 is 0. The first-order valence-corrected chi connectivity index (χ1v) is 8.86. The Morgan fingerprint density at radius 1 is 0.828 bits per heavy atom. The van der Waals surface area contributed by atoms with E-state index in [1.807, 2.05) is 0 Å². The first kappa shape index (κ1) is 22.0. The van der Waals surface area contributed by atoms with Gasteiger partial charge in [-0.25, -0.2) is 0 Å². The molecular weight excluding hydrogens is 384 g/mol. The molecule has 11 heteroatoms. The molecule has 0 aromatic heterocycles. The average Bonchev–Trinajstić information content (AvgIpc) is 2.69. The second-order valence-electron chi connectivity index (χ2n) is 6.39. The molecule has 2 atom stereocenters. The van der Waals surface area contributed by atoms with Crippen molar-refractivity contribution in [1.82, 2.24) is 20.4 Å². The van der Waals surface area contributed by atoms with Gasteiger partial charge >= 0.3 is 0 Å². The predicted molar refractivity (Wildman–Crippen MR) is 97.7 cm³/mol. The molecule has 2 aliphatic rings. The average molecular weight is 406 g/mol. The van der Waals surface area contributed by atoms with Crippen LogP contribution in [0.1, 0.15) is 0 Å². The molecule has 156 valence electrons. The quantitative estimate of drug-likeness (QED) is 0.259. The van der Waals surface area contributed by atoms with E-state index in [1.165, 1.54) is 38.6 Å². The van der Waals surface area contributed by atoms with Crippen molar-refractivity contribution in [2.75, 3.05) is 40.4 Å². The van der Waals surface area contributed by atoms with Crippen molar-refractivity contribution in [3.8, 4) is 0 Å². The number of ketones is 2. The van der Waals surface area contributed by atoms with Crippen LogP contribution in [0.25, 0.3) is 0 Å². The molecule has 2 heterocycles. The van der Waals surface area contributed by atoms with Crippen LogP contribution >= 0.6 is 0 Å². The fraction of sp³-hybridized carbons (Fsp3) is 0.444. The van der Waals surface area contributed by atoms with Crippen LogP contribution in [0.2, 0.25) is 0 Å². The standard InChI is InChI=1S/C18H22N4O7/c1-21-7-3-11(13(23)17(21)27)15(25)19-5-9-29-10-6-20-16(26)12-4-8-22(2)18(28)14(12)24/h3-4,7-8,11-12H,5-6,9-10H2,1-2H3,(H,19,25)(H,20,26). The Bertz CT molecular complexity index is 725. The van der Waals surface area contributed by atoms with Crippen LogP contribution in [0.5, 0.6) is 0 Å². The highest BCUT2D eigenvalue weighted by atomic mass is 16.5. The molecule has 0 saturated heterocycles. The van der Waals surface area contributed by atoms with Gasteiger partial charge in [0.15, 0.2) is 0 Å². The third-order valence-corrected chi connectivity index (χ3v) is 4.29. The molecule has 0 aromatic carbocycles. The number of hydrogen-bond acceptors (Lipinski definition) is 7. The highest BCUT2D eigenvalue weighted by molar-refractivity contribution is 6.42. The van der Waals surface area contributed by atoms with Gasteiger partial charge in [-0.15, -0.1) is 0 Å². The lowest BCUT2D eigenvalue weighted by Gasteiger charge is -2.21. The van der Waals surface area contributed by atoms with E-state index in [4.69, 9.17) is 4.74 Å². The predicted octanol–water partition coefficient (Wildman–Crippen LogP) is -2.42. The van der Waals surface area contributed by atoms with Crippen LogP contribution < -0.4 is 10.6 Å². The minimum atomic E-state index is -1.15. The molecule has 2 unspecified atom stereocenters. The van der Waals surface area contributed by atoms with Crippen LogP contribution in [-0.4, -0.2) is 85.4 Å². The number of hydrogen-bond donors (Lipinski definition) is 2. The Kier molecular flexibility index (Phi) is 7.37. The van der Waals surface area contributed by atoms with Crippen molar-refractivity contribution in [1.29, 1.82) is 0 Å². The first-order valence-electron chi connectivity index (χ1n) is 8.86. The van der Waals surface area contributed by atoms with Gasteiger partial charge in [0.05, 0.1) is 13.2 Å². The van der Waals surface area contributed by atoms with Gasteiger partial charge in [-0.2, -0.15) is 0 Å². The van der Waals surface area contributed by atoms with E-state index in [1.54, 1.807) is 0 Å². The summed E-state index contributed by atoms with van der Waals surface area (Å²) < 4.78 is 5.25. The second-order valence-corrected chi connectivity index (χ2v) is 6.39. The van der Waals surface area contributed by atoms with Gasteiger partial charge in [-0.1, -0.05) is 0 Å². The zero-order valence-corrected chi connectivity index (χ0v) is 16.0. The lowest BCUT2D eigenvalue weighted by molar-refractivity contribution is -0.147. The molecule has 29 heavy (non-hydrogen) atoms. The number of rotatable bonds is 8. The monoisotopic (exact) mass is 406 g/mol. The third-order valence-electron chi connectivity index (χ3n) is 4.29. The van der Waals surface area contributed by atoms with Crippen molar-refractivity contribution < 1.29 is 33.5 Å². The fourth-order valence-corrected chi connectivity index (χ4v) is 2.58. The van der Waals surface area contributed by atoms with E-state index in [0.29, 0.717) is 0 Å². The maximum Gasteiger partial charge on any atom is 0.294 e. The summed E-state index contributed by atoms with van der Waals surface area (Å²) in [6, 6.07) is 0. The number of carbonyl (C=O) groups excluding carboxylic acids is 6.